The Morgan fingerprint density at radius 2 is 1.88 bits per heavy atom. The Labute approximate surface area is 92.9 Å². The fraction of sp³-hybridized carbons (Fsp3) is 0.300. The predicted molar refractivity (Wildman–Crippen MR) is 57.2 cm³/mol. The summed E-state index contributed by atoms with van der Waals surface area (Å²) >= 11 is 0. The lowest BCUT2D eigenvalue weighted by atomic mass is 10.3. The van der Waals surface area contributed by atoms with E-state index in [1.807, 2.05) is 0 Å². The maximum Gasteiger partial charge on any atom is 0.307 e. The summed E-state index contributed by atoms with van der Waals surface area (Å²) in [5.41, 5.74) is 0.596. The fourth-order valence-corrected chi connectivity index (χ4v) is 2.39. The molecule has 1 aliphatic heterocycles. The molecule has 2 rings (SSSR count). The molecule has 0 radical (unpaired) electrons. The van der Waals surface area contributed by atoms with Crippen LogP contribution in [0.1, 0.15) is 6.42 Å². The lowest BCUT2D eigenvalue weighted by Crippen LogP contribution is -2.26. The summed E-state index contributed by atoms with van der Waals surface area (Å²) in [6, 6.07) is 8.63. The molecule has 4 nitrogen and oxygen atoms in total. The maximum absolute atomic E-state index is 12.7. The van der Waals surface area contributed by atoms with Gasteiger partial charge in [0.25, 0.3) is 0 Å². The highest BCUT2D eigenvalue weighted by atomic mass is 32.3. The van der Waals surface area contributed by atoms with Gasteiger partial charge in [0.2, 0.25) is 5.91 Å². The molecular formula is C10H10FNO3S. The van der Waals surface area contributed by atoms with Crippen LogP contribution in [0.5, 0.6) is 0 Å². The van der Waals surface area contributed by atoms with Crippen LogP contribution in [-0.4, -0.2) is 26.1 Å². The average Bonchev–Trinajstić information content (AvgIpc) is 2.61. The first-order chi connectivity index (χ1) is 7.48. The molecule has 0 aromatic heterocycles. The molecule has 0 bridgehead atoms. The van der Waals surface area contributed by atoms with E-state index in [1.54, 1.807) is 30.3 Å². The highest BCUT2D eigenvalue weighted by Gasteiger charge is 2.38. The number of nitrogens with zero attached hydrogens (tertiary/aromatic N) is 1. The van der Waals surface area contributed by atoms with Gasteiger partial charge in [0.15, 0.2) is 0 Å². The number of carbonyl (C=O) groups is 1. The SMILES string of the molecule is O=C1CC(S(=O)(=O)F)CN1c1ccccc1. The van der Waals surface area contributed by atoms with Gasteiger partial charge in [-0.15, -0.1) is 3.89 Å². The molecular weight excluding hydrogens is 233 g/mol. The molecule has 0 spiro atoms. The standard InChI is InChI=1S/C10H10FNO3S/c11-16(14,15)9-6-10(13)12(7-9)8-4-2-1-3-5-8/h1-5,9H,6-7H2. The number of hydrogen-bond donors (Lipinski definition) is 0. The normalized spacial score (nSPS) is 21.4. The molecule has 1 amide bonds. The summed E-state index contributed by atoms with van der Waals surface area (Å²) in [6.07, 6.45) is -0.284. The number of amides is 1. The van der Waals surface area contributed by atoms with Crippen molar-refractivity contribution in [3.05, 3.63) is 30.3 Å². The van der Waals surface area contributed by atoms with E-state index in [0.29, 0.717) is 5.69 Å². The Morgan fingerprint density at radius 1 is 1.25 bits per heavy atom. The van der Waals surface area contributed by atoms with Crippen LogP contribution in [0.25, 0.3) is 0 Å². The summed E-state index contributed by atoms with van der Waals surface area (Å²) in [5.74, 6) is -0.363. The number of hydrogen-bond acceptors (Lipinski definition) is 3. The van der Waals surface area contributed by atoms with E-state index >= 15 is 0 Å². The van der Waals surface area contributed by atoms with Crippen LogP contribution in [-0.2, 0) is 15.0 Å². The summed E-state index contributed by atoms with van der Waals surface area (Å²) in [6.45, 7) is -0.109. The van der Waals surface area contributed by atoms with Crippen LogP contribution >= 0.6 is 0 Å². The summed E-state index contributed by atoms with van der Waals surface area (Å²) < 4.78 is 34.2. The van der Waals surface area contributed by atoms with Crippen molar-refractivity contribution in [1.29, 1.82) is 0 Å². The van der Waals surface area contributed by atoms with E-state index in [1.165, 1.54) is 4.90 Å². The van der Waals surface area contributed by atoms with E-state index < -0.39 is 15.5 Å². The topological polar surface area (TPSA) is 54.5 Å². The molecule has 0 saturated carbocycles. The number of anilines is 1. The fourth-order valence-electron chi connectivity index (χ4n) is 1.72. The van der Waals surface area contributed by atoms with Gasteiger partial charge >= 0.3 is 10.2 Å². The predicted octanol–water partition coefficient (Wildman–Crippen LogP) is 1.09. The highest BCUT2D eigenvalue weighted by molar-refractivity contribution is 7.87. The molecule has 1 fully saturated rings. The smallest absolute Gasteiger partial charge is 0.307 e. The van der Waals surface area contributed by atoms with Gasteiger partial charge in [-0.3, -0.25) is 4.79 Å². The van der Waals surface area contributed by atoms with Gasteiger partial charge in [-0.1, -0.05) is 18.2 Å². The number of benzene rings is 1. The lowest BCUT2D eigenvalue weighted by molar-refractivity contribution is -0.117. The molecule has 0 N–H and O–H groups in total. The average molecular weight is 243 g/mol. The monoisotopic (exact) mass is 243 g/mol. The van der Waals surface area contributed by atoms with Crippen LogP contribution in [0.15, 0.2) is 30.3 Å². The van der Waals surface area contributed by atoms with Crippen molar-refractivity contribution in [2.24, 2.45) is 0 Å². The highest BCUT2D eigenvalue weighted by Crippen LogP contribution is 2.25. The molecule has 1 heterocycles. The van der Waals surface area contributed by atoms with Crippen LogP contribution in [0.3, 0.4) is 0 Å². The summed E-state index contributed by atoms with van der Waals surface area (Å²) in [5, 5.41) is -1.24. The first-order valence-corrected chi connectivity index (χ1v) is 6.22. The third-order valence-electron chi connectivity index (χ3n) is 2.56. The van der Waals surface area contributed by atoms with Crippen LogP contribution in [0, 0.1) is 0 Å². The molecule has 1 aromatic rings. The Kier molecular flexibility index (Phi) is 2.67. The molecule has 16 heavy (non-hydrogen) atoms. The molecule has 6 heteroatoms. The molecule has 1 aliphatic rings. The number of halogens is 1. The first-order valence-electron chi connectivity index (χ1n) is 4.77. The third-order valence-corrected chi connectivity index (χ3v) is 3.67. The van der Waals surface area contributed by atoms with E-state index in [0.717, 1.165) is 0 Å². The molecule has 86 valence electrons. The van der Waals surface area contributed by atoms with Crippen LogP contribution in [0.4, 0.5) is 9.57 Å². The Hall–Kier alpha value is -1.43. The molecule has 1 atom stereocenters. The van der Waals surface area contributed by atoms with Crippen molar-refractivity contribution < 1.29 is 17.1 Å². The van der Waals surface area contributed by atoms with Gasteiger partial charge in [0.05, 0.1) is 0 Å². The number of rotatable bonds is 2. The van der Waals surface area contributed by atoms with Crippen molar-refractivity contribution in [3.63, 3.8) is 0 Å². The van der Waals surface area contributed by atoms with Crippen LogP contribution in [0.2, 0.25) is 0 Å². The minimum absolute atomic E-state index is 0.109. The van der Waals surface area contributed by atoms with Gasteiger partial charge in [0.1, 0.15) is 5.25 Å². The summed E-state index contributed by atoms with van der Waals surface area (Å²) in [4.78, 5) is 12.8. The zero-order valence-electron chi connectivity index (χ0n) is 8.34. The van der Waals surface area contributed by atoms with E-state index in [-0.39, 0.29) is 18.9 Å². The van der Waals surface area contributed by atoms with Gasteiger partial charge in [-0.2, -0.15) is 8.42 Å². The molecule has 1 unspecified atom stereocenters. The first kappa shape index (κ1) is 11.1. The molecule has 1 saturated heterocycles. The second-order valence-corrected chi connectivity index (χ2v) is 5.26. The zero-order valence-corrected chi connectivity index (χ0v) is 9.15. The largest absolute Gasteiger partial charge is 0.311 e. The number of carbonyl (C=O) groups excluding carboxylic acids is 1. The Balaban J connectivity index is 2.25. The van der Waals surface area contributed by atoms with E-state index in [9.17, 15) is 17.1 Å². The van der Waals surface area contributed by atoms with Crippen molar-refractivity contribution in [3.8, 4) is 0 Å². The van der Waals surface area contributed by atoms with Gasteiger partial charge in [-0.25, -0.2) is 0 Å². The lowest BCUT2D eigenvalue weighted by Gasteiger charge is -2.15. The van der Waals surface area contributed by atoms with Crippen molar-refractivity contribution in [2.45, 2.75) is 11.7 Å². The van der Waals surface area contributed by atoms with Crippen molar-refractivity contribution in [1.82, 2.24) is 0 Å². The van der Waals surface area contributed by atoms with Crippen molar-refractivity contribution >= 4 is 21.8 Å². The quantitative estimate of drug-likeness (QED) is 0.731. The Bertz CT molecular complexity index is 500. The zero-order chi connectivity index (χ0) is 11.8. The van der Waals surface area contributed by atoms with Crippen LogP contribution < -0.4 is 4.90 Å². The third kappa shape index (κ3) is 2.06. The van der Waals surface area contributed by atoms with Gasteiger partial charge < -0.3 is 4.90 Å². The second kappa shape index (κ2) is 3.86. The maximum atomic E-state index is 12.7. The molecule has 0 aliphatic carbocycles. The minimum Gasteiger partial charge on any atom is -0.311 e. The van der Waals surface area contributed by atoms with E-state index in [2.05, 4.69) is 0 Å². The van der Waals surface area contributed by atoms with Gasteiger partial charge in [0, 0.05) is 18.7 Å². The number of para-hydroxylation sites is 1. The minimum atomic E-state index is -4.64. The second-order valence-electron chi connectivity index (χ2n) is 3.64. The molecule has 1 aromatic carbocycles. The van der Waals surface area contributed by atoms with E-state index in [4.69, 9.17) is 0 Å². The Morgan fingerprint density at radius 3 is 2.38 bits per heavy atom. The van der Waals surface area contributed by atoms with Crippen molar-refractivity contribution in [2.75, 3.05) is 11.4 Å². The van der Waals surface area contributed by atoms with Gasteiger partial charge in [-0.05, 0) is 12.1 Å². The summed E-state index contributed by atoms with van der Waals surface area (Å²) in [7, 11) is -4.64.